The normalized spacial score (nSPS) is 22.0. The first-order chi connectivity index (χ1) is 11.1. The van der Waals surface area contributed by atoms with Crippen molar-refractivity contribution in [2.24, 2.45) is 0 Å². The summed E-state index contributed by atoms with van der Waals surface area (Å²) >= 11 is 0. The number of ether oxygens (including phenoxy) is 1. The van der Waals surface area contributed by atoms with Gasteiger partial charge in [-0.25, -0.2) is 0 Å². The highest BCUT2D eigenvalue weighted by Gasteiger charge is 2.30. The van der Waals surface area contributed by atoms with Gasteiger partial charge in [0.2, 0.25) is 0 Å². The number of amides is 1. The third-order valence-corrected chi connectivity index (χ3v) is 4.57. The molecule has 5 nitrogen and oxygen atoms in total. The fourth-order valence-electron chi connectivity index (χ4n) is 3.38. The number of nitrogens with zero attached hydrogens (tertiary/aromatic N) is 3. The van der Waals surface area contributed by atoms with E-state index >= 15 is 0 Å². The largest absolute Gasteiger partial charge is 0.368 e. The second-order valence-corrected chi connectivity index (χ2v) is 6.72. The zero-order valence-electron chi connectivity index (χ0n) is 14.2. The molecule has 23 heavy (non-hydrogen) atoms. The minimum atomic E-state index is -0.190. The molecular formula is C18H27N3O2. The molecule has 1 amide bonds. The zero-order valence-corrected chi connectivity index (χ0v) is 14.2. The van der Waals surface area contributed by atoms with E-state index in [1.54, 1.807) is 0 Å². The summed E-state index contributed by atoms with van der Waals surface area (Å²) in [6.45, 7) is 5.04. The summed E-state index contributed by atoms with van der Waals surface area (Å²) in [7, 11) is 4.17. The summed E-state index contributed by atoms with van der Waals surface area (Å²) in [5.41, 5.74) is 2.58. The van der Waals surface area contributed by atoms with Gasteiger partial charge in [-0.1, -0.05) is 12.1 Å². The van der Waals surface area contributed by atoms with Crippen LogP contribution in [0.1, 0.15) is 18.4 Å². The smallest absolute Gasteiger partial charge is 0.251 e. The van der Waals surface area contributed by atoms with Gasteiger partial charge in [-0.15, -0.1) is 0 Å². The van der Waals surface area contributed by atoms with E-state index in [2.05, 4.69) is 48.2 Å². The number of hydrogen-bond acceptors (Lipinski definition) is 4. The van der Waals surface area contributed by atoms with Crippen molar-refractivity contribution < 1.29 is 9.53 Å². The molecule has 3 rings (SSSR count). The standard InChI is InChI=1S/C18H27N3O2/c1-19(2)14-15-5-3-6-16(13-15)20-8-10-21(11-9-20)18(22)17-7-4-12-23-17/h3,5-6,13,17H,4,7-12,14H2,1-2H3. The Hall–Kier alpha value is -1.59. The molecular weight excluding hydrogens is 290 g/mol. The van der Waals surface area contributed by atoms with Crippen molar-refractivity contribution >= 4 is 11.6 Å². The monoisotopic (exact) mass is 317 g/mol. The summed E-state index contributed by atoms with van der Waals surface area (Å²) in [5, 5.41) is 0. The summed E-state index contributed by atoms with van der Waals surface area (Å²) in [6.07, 6.45) is 1.70. The lowest BCUT2D eigenvalue weighted by Gasteiger charge is -2.37. The minimum absolute atomic E-state index is 0.184. The molecule has 0 N–H and O–H groups in total. The molecule has 2 aliphatic heterocycles. The predicted molar refractivity (Wildman–Crippen MR) is 91.6 cm³/mol. The molecule has 0 aromatic heterocycles. The third kappa shape index (κ3) is 4.03. The van der Waals surface area contributed by atoms with E-state index in [1.165, 1.54) is 11.3 Å². The van der Waals surface area contributed by atoms with E-state index < -0.39 is 0 Å². The quantitative estimate of drug-likeness (QED) is 0.845. The molecule has 2 fully saturated rings. The highest BCUT2D eigenvalue weighted by atomic mass is 16.5. The van der Waals surface area contributed by atoms with Gasteiger partial charge >= 0.3 is 0 Å². The van der Waals surface area contributed by atoms with Crippen molar-refractivity contribution in [1.29, 1.82) is 0 Å². The Labute approximate surface area is 138 Å². The van der Waals surface area contributed by atoms with Crippen molar-refractivity contribution in [3.63, 3.8) is 0 Å². The van der Waals surface area contributed by atoms with Crippen LogP contribution in [-0.4, -0.2) is 68.7 Å². The van der Waals surface area contributed by atoms with Crippen LogP contribution in [0.2, 0.25) is 0 Å². The van der Waals surface area contributed by atoms with Gasteiger partial charge in [-0.05, 0) is 44.6 Å². The predicted octanol–water partition coefficient (Wildman–Crippen LogP) is 1.58. The second-order valence-electron chi connectivity index (χ2n) is 6.72. The molecule has 1 atom stereocenters. The highest BCUT2D eigenvalue weighted by Crippen LogP contribution is 2.20. The lowest BCUT2D eigenvalue weighted by Crippen LogP contribution is -2.51. The summed E-state index contributed by atoms with van der Waals surface area (Å²) in [6, 6.07) is 8.72. The average Bonchev–Trinajstić information content (AvgIpc) is 3.08. The Morgan fingerprint density at radius 3 is 2.70 bits per heavy atom. The van der Waals surface area contributed by atoms with Crippen LogP contribution in [0.15, 0.2) is 24.3 Å². The van der Waals surface area contributed by atoms with Crippen LogP contribution in [0.25, 0.3) is 0 Å². The second kappa shape index (κ2) is 7.32. The van der Waals surface area contributed by atoms with Crippen LogP contribution in [0, 0.1) is 0 Å². The van der Waals surface area contributed by atoms with Crippen LogP contribution in [0.4, 0.5) is 5.69 Å². The van der Waals surface area contributed by atoms with E-state index in [-0.39, 0.29) is 12.0 Å². The Bertz CT molecular complexity index is 533. The van der Waals surface area contributed by atoms with E-state index in [9.17, 15) is 4.79 Å². The molecule has 126 valence electrons. The maximum atomic E-state index is 12.4. The molecule has 0 aliphatic carbocycles. The summed E-state index contributed by atoms with van der Waals surface area (Å²) in [5.74, 6) is 0.184. The van der Waals surface area contributed by atoms with Gasteiger partial charge in [0.1, 0.15) is 6.10 Å². The van der Waals surface area contributed by atoms with Crippen molar-refractivity contribution in [3.05, 3.63) is 29.8 Å². The molecule has 0 saturated carbocycles. The van der Waals surface area contributed by atoms with Gasteiger partial charge in [-0.3, -0.25) is 4.79 Å². The molecule has 0 spiro atoms. The third-order valence-electron chi connectivity index (χ3n) is 4.57. The van der Waals surface area contributed by atoms with Crippen molar-refractivity contribution in [2.45, 2.75) is 25.5 Å². The maximum Gasteiger partial charge on any atom is 0.251 e. The van der Waals surface area contributed by atoms with Crippen molar-refractivity contribution in [2.75, 3.05) is 51.8 Å². The van der Waals surface area contributed by atoms with Gasteiger partial charge in [0, 0.05) is 45.0 Å². The first kappa shape index (κ1) is 16.3. The van der Waals surface area contributed by atoms with E-state index in [0.29, 0.717) is 0 Å². The number of rotatable bonds is 4. The van der Waals surface area contributed by atoms with Crippen molar-refractivity contribution in [1.82, 2.24) is 9.80 Å². The van der Waals surface area contributed by atoms with Crippen LogP contribution >= 0.6 is 0 Å². The first-order valence-electron chi connectivity index (χ1n) is 8.52. The number of anilines is 1. The Kier molecular flexibility index (Phi) is 5.18. The summed E-state index contributed by atoms with van der Waals surface area (Å²) < 4.78 is 5.52. The lowest BCUT2D eigenvalue weighted by molar-refractivity contribution is -0.141. The molecule has 2 saturated heterocycles. The average molecular weight is 317 g/mol. The topological polar surface area (TPSA) is 36.0 Å². The van der Waals surface area contributed by atoms with E-state index in [1.807, 2.05) is 4.90 Å². The van der Waals surface area contributed by atoms with Gasteiger partial charge in [0.05, 0.1) is 0 Å². The number of benzene rings is 1. The van der Waals surface area contributed by atoms with Gasteiger partial charge in [0.25, 0.3) is 5.91 Å². The highest BCUT2D eigenvalue weighted by molar-refractivity contribution is 5.81. The van der Waals surface area contributed by atoms with Crippen LogP contribution in [-0.2, 0) is 16.1 Å². The van der Waals surface area contributed by atoms with Gasteiger partial charge < -0.3 is 19.4 Å². The number of carbonyl (C=O) groups excluding carboxylic acids is 1. The Morgan fingerprint density at radius 1 is 1.26 bits per heavy atom. The van der Waals surface area contributed by atoms with Gasteiger partial charge in [-0.2, -0.15) is 0 Å². The molecule has 1 aromatic rings. The Morgan fingerprint density at radius 2 is 2.04 bits per heavy atom. The molecule has 1 aromatic carbocycles. The number of hydrogen-bond donors (Lipinski definition) is 0. The first-order valence-corrected chi connectivity index (χ1v) is 8.52. The maximum absolute atomic E-state index is 12.4. The van der Waals surface area contributed by atoms with Crippen LogP contribution in [0.5, 0.6) is 0 Å². The minimum Gasteiger partial charge on any atom is -0.368 e. The molecule has 0 bridgehead atoms. The number of piperazine rings is 1. The Balaban J connectivity index is 1.57. The number of carbonyl (C=O) groups is 1. The SMILES string of the molecule is CN(C)Cc1cccc(N2CCN(C(=O)C3CCCO3)CC2)c1. The lowest BCUT2D eigenvalue weighted by atomic mass is 10.1. The molecule has 0 radical (unpaired) electrons. The molecule has 5 heteroatoms. The van der Waals surface area contributed by atoms with E-state index in [4.69, 9.17) is 4.74 Å². The van der Waals surface area contributed by atoms with Crippen molar-refractivity contribution in [3.8, 4) is 0 Å². The van der Waals surface area contributed by atoms with E-state index in [0.717, 1.165) is 52.2 Å². The fourth-order valence-corrected chi connectivity index (χ4v) is 3.38. The van der Waals surface area contributed by atoms with Crippen LogP contribution < -0.4 is 4.90 Å². The molecule has 2 aliphatic rings. The summed E-state index contributed by atoms with van der Waals surface area (Å²) in [4.78, 5) is 18.9. The molecule has 1 unspecified atom stereocenters. The van der Waals surface area contributed by atoms with Crippen LogP contribution in [0.3, 0.4) is 0 Å². The van der Waals surface area contributed by atoms with Gasteiger partial charge in [0.15, 0.2) is 0 Å². The fraction of sp³-hybridized carbons (Fsp3) is 0.611. The zero-order chi connectivity index (χ0) is 16.2. The molecule has 2 heterocycles.